The molecule has 1 rings (SSSR count). The molecule has 74 valence electrons. The molecule has 0 aromatic carbocycles. The highest BCUT2D eigenvalue weighted by Crippen LogP contribution is 2.13. The zero-order valence-electron chi connectivity index (χ0n) is 8.25. The van der Waals surface area contributed by atoms with E-state index in [1.165, 1.54) is 0 Å². The van der Waals surface area contributed by atoms with Crippen molar-refractivity contribution in [3.8, 4) is 6.07 Å². The minimum Gasteiger partial charge on any atom is -0.397 e. The molecule has 4 heteroatoms. The van der Waals surface area contributed by atoms with Crippen LogP contribution in [0.2, 0.25) is 0 Å². The quantitative estimate of drug-likeness (QED) is 0.709. The maximum Gasteiger partial charge on any atom is 0.144 e. The van der Waals surface area contributed by atoms with Crippen molar-refractivity contribution in [1.29, 1.82) is 5.26 Å². The summed E-state index contributed by atoms with van der Waals surface area (Å²) in [7, 11) is 0. The minimum absolute atomic E-state index is 0.501. The number of hydrogen-bond donors (Lipinski definition) is 2. The van der Waals surface area contributed by atoms with Crippen molar-refractivity contribution in [2.24, 2.45) is 0 Å². The highest BCUT2D eigenvalue weighted by molar-refractivity contribution is 5.57. The monoisotopic (exact) mass is 190 g/mol. The topological polar surface area (TPSA) is 74.7 Å². The molecule has 1 aromatic heterocycles. The first-order valence-electron chi connectivity index (χ1n) is 4.67. The van der Waals surface area contributed by atoms with E-state index in [-0.39, 0.29) is 0 Å². The van der Waals surface area contributed by atoms with Crippen molar-refractivity contribution in [2.45, 2.75) is 19.8 Å². The molecule has 0 aliphatic heterocycles. The summed E-state index contributed by atoms with van der Waals surface area (Å²) < 4.78 is 0. The first-order valence-corrected chi connectivity index (χ1v) is 4.67. The lowest BCUT2D eigenvalue weighted by molar-refractivity contribution is 0.831. The molecule has 0 aliphatic carbocycles. The fraction of sp³-hybridized carbons (Fsp3) is 0.400. The second-order valence-corrected chi connectivity index (χ2v) is 3.06. The Balaban J connectivity index is 2.72. The number of unbranched alkanes of at least 4 members (excludes halogenated alkanes) is 1. The molecule has 0 radical (unpaired) electrons. The molecule has 0 atom stereocenters. The van der Waals surface area contributed by atoms with E-state index < -0.39 is 0 Å². The van der Waals surface area contributed by atoms with Crippen molar-refractivity contribution in [1.82, 2.24) is 4.98 Å². The molecule has 1 aromatic rings. The molecular formula is C10H14N4. The van der Waals surface area contributed by atoms with Gasteiger partial charge in [0.15, 0.2) is 0 Å². The molecule has 0 spiro atoms. The smallest absolute Gasteiger partial charge is 0.144 e. The van der Waals surface area contributed by atoms with Crippen LogP contribution in [-0.2, 0) is 0 Å². The zero-order chi connectivity index (χ0) is 10.4. The average molecular weight is 190 g/mol. The van der Waals surface area contributed by atoms with Crippen LogP contribution in [0.1, 0.15) is 25.3 Å². The number of nitrogens with zero attached hydrogens (tertiary/aromatic N) is 2. The van der Waals surface area contributed by atoms with Gasteiger partial charge in [0, 0.05) is 6.54 Å². The Labute approximate surface area is 83.8 Å². The van der Waals surface area contributed by atoms with Crippen molar-refractivity contribution >= 4 is 11.5 Å². The molecule has 1 heterocycles. The first kappa shape index (κ1) is 10.3. The van der Waals surface area contributed by atoms with Crippen molar-refractivity contribution in [3.63, 3.8) is 0 Å². The molecule has 0 saturated heterocycles. The van der Waals surface area contributed by atoms with Gasteiger partial charge in [-0.1, -0.05) is 13.3 Å². The van der Waals surface area contributed by atoms with Crippen molar-refractivity contribution in [2.75, 3.05) is 17.6 Å². The van der Waals surface area contributed by atoms with Crippen LogP contribution in [0, 0.1) is 11.3 Å². The minimum atomic E-state index is 0.501. The summed E-state index contributed by atoms with van der Waals surface area (Å²) in [4.78, 5) is 4.06. The summed E-state index contributed by atoms with van der Waals surface area (Å²) in [6, 6.07) is 3.68. The van der Waals surface area contributed by atoms with Crippen LogP contribution in [0.3, 0.4) is 0 Å². The van der Waals surface area contributed by atoms with Crippen LogP contribution in [0.15, 0.2) is 12.3 Å². The summed E-state index contributed by atoms with van der Waals surface area (Å²) in [6.07, 6.45) is 3.73. The summed E-state index contributed by atoms with van der Waals surface area (Å²) in [5, 5.41) is 11.9. The Bertz CT molecular complexity index is 340. The Morgan fingerprint density at radius 1 is 1.64 bits per heavy atom. The lowest BCUT2D eigenvalue weighted by Crippen LogP contribution is -2.05. The third kappa shape index (κ3) is 2.63. The molecule has 0 bridgehead atoms. The second-order valence-electron chi connectivity index (χ2n) is 3.06. The predicted octanol–water partition coefficient (Wildman–Crippen LogP) is 1.75. The average Bonchev–Trinajstić information content (AvgIpc) is 2.20. The number of anilines is 2. The number of nitrogen functional groups attached to an aromatic ring is 1. The molecule has 0 unspecified atom stereocenters. The third-order valence-electron chi connectivity index (χ3n) is 1.85. The Morgan fingerprint density at radius 2 is 2.43 bits per heavy atom. The SMILES string of the molecule is CCCCNc1ncc(N)cc1C#N. The normalized spacial score (nSPS) is 9.43. The van der Waals surface area contributed by atoms with Crippen LogP contribution in [0.25, 0.3) is 0 Å². The fourth-order valence-electron chi connectivity index (χ4n) is 1.09. The molecule has 0 aliphatic rings. The number of pyridine rings is 1. The van der Waals surface area contributed by atoms with Crippen LogP contribution in [-0.4, -0.2) is 11.5 Å². The van der Waals surface area contributed by atoms with Gasteiger partial charge in [-0.2, -0.15) is 5.26 Å². The largest absolute Gasteiger partial charge is 0.397 e. The number of nitriles is 1. The predicted molar refractivity (Wildman–Crippen MR) is 56.8 cm³/mol. The van der Waals surface area contributed by atoms with E-state index in [1.54, 1.807) is 12.3 Å². The van der Waals surface area contributed by atoms with E-state index >= 15 is 0 Å². The third-order valence-corrected chi connectivity index (χ3v) is 1.85. The lowest BCUT2D eigenvalue weighted by atomic mass is 10.2. The molecule has 0 saturated carbocycles. The van der Waals surface area contributed by atoms with Gasteiger partial charge >= 0.3 is 0 Å². The molecule has 3 N–H and O–H groups in total. The van der Waals surface area contributed by atoms with Gasteiger partial charge in [0.05, 0.1) is 17.4 Å². The zero-order valence-corrected chi connectivity index (χ0v) is 8.25. The second kappa shape index (κ2) is 5.07. The standard InChI is InChI=1S/C10H14N4/c1-2-3-4-13-10-8(6-11)5-9(12)7-14-10/h5,7H,2-4,12H2,1H3,(H,13,14). The van der Waals surface area contributed by atoms with Crippen molar-refractivity contribution in [3.05, 3.63) is 17.8 Å². The van der Waals surface area contributed by atoms with Crippen LogP contribution >= 0.6 is 0 Å². The Kier molecular flexibility index (Phi) is 3.74. The van der Waals surface area contributed by atoms with Gasteiger partial charge in [-0.05, 0) is 12.5 Å². The molecule has 0 fully saturated rings. The van der Waals surface area contributed by atoms with Crippen molar-refractivity contribution < 1.29 is 0 Å². The molecule has 0 amide bonds. The number of rotatable bonds is 4. The molecule has 14 heavy (non-hydrogen) atoms. The summed E-state index contributed by atoms with van der Waals surface area (Å²) >= 11 is 0. The van der Waals surface area contributed by atoms with E-state index in [2.05, 4.69) is 23.3 Å². The summed E-state index contributed by atoms with van der Waals surface area (Å²) in [5.41, 5.74) is 6.53. The molecule has 4 nitrogen and oxygen atoms in total. The van der Waals surface area contributed by atoms with Crippen LogP contribution in [0.4, 0.5) is 11.5 Å². The van der Waals surface area contributed by atoms with E-state index in [0.29, 0.717) is 17.1 Å². The first-order chi connectivity index (χ1) is 6.77. The van der Waals surface area contributed by atoms with E-state index in [1.807, 2.05) is 0 Å². The van der Waals surface area contributed by atoms with Crippen LogP contribution < -0.4 is 11.1 Å². The van der Waals surface area contributed by atoms with Gasteiger partial charge in [0.1, 0.15) is 11.9 Å². The van der Waals surface area contributed by atoms with Crippen LogP contribution in [0.5, 0.6) is 0 Å². The van der Waals surface area contributed by atoms with Gasteiger partial charge in [-0.3, -0.25) is 0 Å². The highest BCUT2D eigenvalue weighted by atomic mass is 15.0. The maximum absolute atomic E-state index is 8.81. The maximum atomic E-state index is 8.81. The van der Waals surface area contributed by atoms with E-state index in [4.69, 9.17) is 11.0 Å². The van der Waals surface area contributed by atoms with Gasteiger partial charge in [-0.25, -0.2) is 4.98 Å². The Hall–Kier alpha value is -1.76. The number of aromatic nitrogens is 1. The summed E-state index contributed by atoms with van der Waals surface area (Å²) in [5.74, 6) is 0.621. The van der Waals surface area contributed by atoms with E-state index in [9.17, 15) is 0 Å². The van der Waals surface area contributed by atoms with Gasteiger partial charge in [-0.15, -0.1) is 0 Å². The number of nitrogens with one attached hydrogen (secondary N) is 1. The number of hydrogen-bond acceptors (Lipinski definition) is 4. The molecular weight excluding hydrogens is 176 g/mol. The Morgan fingerprint density at radius 3 is 3.07 bits per heavy atom. The highest BCUT2D eigenvalue weighted by Gasteiger charge is 2.02. The lowest BCUT2D eigenvalue weighted by Gasteiger charge is -2.06. The van der Waals surface area contributed by atoms with Gasteiger partial charge in [0.2, 0.25) is 0 Å². The van der Waals surface area contributed by atoms with E-state index in [0.717, 1.165) is 19.4 Å². The number of nitrogens with two attached hydrogens (primary N) is 1. The van der Waals surface area contributed by atoms with Gasteiger partial charge in [0.25, 0.3) is 0 Å². The fourth-order valence-corrected chi connectivity index (χ4v) is 1.09. The van der Waals surface area contributed by atoms with Gasteiger partial charge < -0.3 is 11.1 Å². The summed E-state index contributed by atoms with van der Waals surface area (Å²) in [6.45, 7) is 2.95.